The number of hydroxylamine groups is 2. The molecule has 1 fully saturated rings. The van der Waals surface area contributed by atoms with Gasteiger partial charge in [0, 0.05) is 30.2 Å². The van der Waals surface area contributed by atoms with Crippen molar-refractivity contribution < 1.29 is 14.7 Å². The van der Waals surface area contributed by atoms with E-state index >= 15 is 0 Å². The average molecular weight is 395 g/mol. The van der Waals surface area contributed by atoms with Crippen LogP contribution in [0.3, 0.4) is 0 Å². The second kappa shape index (κ2) is 6.17. The molecule has 0 aromatic heterocycles. The first-order valence-corrected chi connectivity index (χ1v) is 8.89. The van der Waals surface area contributed by atoms with Crippen molar-refractivity contribution in [3.63, 3.8) is 0 Å². The summed E-state index contributed by atoms with van der Waals surface area (Å²) in [7, 11) is 3.43. The highest BCUT2D eigenvalue weighted by molar-refractivity contribution is 9.10. The molecule has 1 aromatic rings. The van der Waals surface area contributed by atoms with Crippen LogP contribution in [0.4, 0.5) is 0 Å². The van der Waals surface area contributed by atoms with Gasteiger partial charge in [0.1, 0.15) is 11.3 Å². The molecule has 2 aliphatic rings. The largest absolute Gasteiger partial charge is 0.509 e. The van der Waals surface area contributed by atoms with E-state index in [1.165, 1.54) is 0 Å². The highest BCUT2D eigenvalue weighted by Crippen LogP contribution is 2.45. The summed E-state index contributed by atoms with van der Waals surface area (Å²) in [4.78, 5) is 19.9. The average Bonchev–Trinajstić information content (AvgIpc) is 2.74. The van der Waals surface area contributed by atoms with Gasteiger partial charge in [0.25, 0.3) is 5.91 Å². The summed E-state index contributed by atoms with van der Waals surface area (Å²) in [6.45, 7) is 5.40. The Kier molecular flexibility index (Phi) is 4.49. The van der Waals surface area contributed by atoms with Crippen LogP contribution in [0.5, 0.6) is 0 Å². The van der Waals surface area contributed by atoms with Crippen LogP contribution >= 0.6 is 15.9 Å². The first-order valence-electron chi connectivity index (χ1n) is 8.10. The Morgan fingerprint density at radius 2 is 1.79 bits per heavy atom. The molecule has 1 amide bonds. The first kappa shape index (κ1) is 17.5. The molecule has 0 saturated carbocycles. The van der Waals surface area contributed by atoms with Gasteiger partial charge in [0.05, 0.1) is 12.7 Å². The number of hydrogen-bond donors (Lipinski definition) is 1. The van der Waals surface area contributed by atoms with Gasteiger partial charge in [0.15, 0.2) is 0 Å². The summed E-state index contributed by atoms with van der Waals surface area (Å²) in [6.07, 6.45) is 1.31. The molecule has 0 radical (unpaired) electrons. The molecule has 24 heavy (non-hydrogen) atoms. The molecule has 1 spiro atoms. The topological polar surface area (TPSA) is 53.0 Å². The number of carbonyl (C=O) groups excluding carboxylic acids is 1. The van der Waals surface area contributed by atoms with E-state index in [2.05, 4.69) is 15.9 Å². The monoisotopic (exact) mass is 394 g/mol. The van der Waals surface area contributed by atoms with Gasteiger partial charge in [-0.25, -0.2) is 0 Å². The summed E-state index contributed by atoms with van der Waals surface area (Å²) in [5.41, 5.74) is 2.79. The molecule has 5 nitrogen and oxygen atoms in total. The van der Waals surface area contributed by atoms with E-state index in [4.69, 9.17) is 4.84 Å². The number of amides is 1. The van der Waals surface area contributed by atoms with Crippen LogP contribution in [-0.4, -0.2) is 53.8 Å². The third-order valence-electron chi connectivity index (χ3n) is 5.50. The molecule has 1 aromatic carbocycles. The van der Waals surface area contributed by atoms with Crippen molar-refractivity contribution in [2.24, 2.45) is 0 Å². The van der Waals surface area contributed by atoms with Crippen LogP contribution in [0.1, 0.15) is 29.5 Å². The maximum Gasteiger partial charge on any atom is 0.258 e. The van der Waals surface area contributed by atoms with Crippen molar-refractivity contribution in [3.8, 4) is 0 Å². The van der Waals surface area contributed by atoms with Crippen LogP contribution in [0.25, 0.3) is 5.57 Å². The molecule has 130 valence electrons. The minimum absolute atomic E-state index is 0.123. The van der Waals surface area contributed by atoms with Gasteiger partial charge in [0.2, 0.25) is 0 Å². The lowest BCUT2D eigenvalue weighted by Gasteiger charge is -2.42. The Morgan fingerprint density at radius 3 is 2.38 bits per heavy atom. The van der Waals surface area contributed by atoms with Gasteiger partial charge in [-0.2, -0.15) is 5.06 Å². The molecular formula is C18H23BrN2O3. The zero-order chi connectivity index (χ0) is 17.6. The van der Waals surface area contributed by atoms with Crippen molar-refractivity contribution in [1.82, 2.24) is 9.96 Å². The molecule has 1 saturated heterocycles. The third kappa shape index (κ3) is 2.48. The van der Waals surface area contributed by atoms with Crippen LogP contribution in [0.2, 0.25) is 0 Å². The highest BCUT2D eigenvalue weighted by atomic mass is 79.9. The van der Waals surface area contributed by atoms with Gasteiger partial charge in [-0.05, 0) is 49.9 Å². The number of aryl methyl sites for hydroxylation is 2. The number of likely N-dealkylation sites (N-methyl/N-ethyl adjacent to an activating group) is 1. The SMILES string of the molecule is CON1CCC2(CC1)C(O)=C(c1cc(C)c(C)cc1Br)C(=O)N2C. The molecular weight excluding hydrogens is 372 g/mol. The Bertz CT molecular complexity index is 721. The Hall–Kier alpha value is -1.37. The molecule has 3 rings (SSSR count). The normalized spacial score (nSPS) is 21.2. The maximum absolute atomic E-state index is 12.9. The predicted octanol–water partition coefficient (Wildman–Crippen LogP) is 3.20. The van der Waals surface area contributed by atoms with E-state index < -0.39 is 5.54 Å². The Morgan fingerprint density at radius 1 is 1.21 bits per heavy atom. The van der Waals surface area contributed by atoms with E-state index in [1.807, 2.05) is 31.0 Å². The fourth-order valence-electron chi connectivity index (χ4n) is 3.68. The predicted molar refractivity (Wildman–Crippen MR) is 96.5 cm³/mol. The lowest BCUT2D eigenvalue weighted by Crippen LogP contribution is -2.53. The van der Waals surface area contributed by atoms with Gasteiger partial charge in [-0.3, -0.25) is 4.79 Å². The summed E-state index contributed by atoms with van der Waals surface area (Å²) in [5.74, 6) is 0.0667. The zero-order valence-electron chi connectivity index (χ0n) is 14.5. The molecule has 2 aliphatic heterocycles. The van der Waals surface area contributed by atoms with Crippen LogP contribution in [-0.2, 0) is 9.63 Å². The Labute approximate surface area is 151 Å². The number of nitrogens with zero attached hydrogens (tertiary/aromatic N) is 2. The van der Waals surface area contributed by atoms with Crippen molar-refractivity contribution in [1.29, 1.82) is 0 Å². The van der Waals surface area contributed by atoms with E-state index in [0.717, 1.165) is 21.2 Å². The quantitative estimate of drug-likeness (QED) is 0.836. The number of carbonyl (C=O) groups is 1. The van der Waals surface area contributed by atoms with Gasteiger partial charge in [-0.1, -0.05) is 15.9 Å². The van der Waals surface area contributed by atoms with E-state index in [9.17, 15) is 9.90 Å². The number of halogens is 1. The minimum Gasteiger partial charge on any atom is -0.509 e. The van der Waals surface area contributed by atoms with E-state index in [-0.39, 0.29) is 11.7 Å². The molecule has 0 atom stereocenters. The van der Waals surface area contributed by atoms with Crippen molar-refractivity contribution >= 4 is 27.4 Å². The lowest BCUT2D eigenvalue weighted by atomic mass is 9.85. The van der Waals surface area contributed by atoms with Crippen LogP contribution in [0.15, 0.2) is 22.4 Å². The van der Waals surface area contributed by atoms with E-state index in [0.29, 0.717) is 31.5 Å². The molecule has 6 heteroatoms. The fourth-order valence-corrected chi connectivity index (χ4v) is 4.34. The van der Waals surface area contributed by atoms with Gasteiger partial charge >= 0.3 is 0 Å². The minimum atomic E-state index is -0.625. The first-order chi connectivity index (χ1) is 11.3. The highest BCUT2D eigenvalue weighted by Gasteiger charge is 2.52. The molecule has 1 N–H and O–H groups in total. The summed E-state index contributed by atoms with van der Waals surface area (Å²) in [6, 6.07) is 3.97. The number of piperidine rings is 1. The van der Waals surface area contributed by atoms with Crippen molar-refractivity contribution in [2.45, 2.75) is 32.2 Å². The Balaban J connectivity index is 2.08. The molecule has 0 unspecified atom stereocenters. The summed E-state index contributed by atoms with van der Waals surface area (Å²) < 4.78 is 0.834. The van der Waals surface area contributed by atoms with Crippen LogP contribution in [0, 0.1) is 13.8 Å². The second-order valence-electron chi connectivity index (χ2n) is 6.65. The number of hydrogen-bond acceptors (Lipinski definition) is 4. The summed E-state index contributed by atoms with van der Waals surface area (Å²) in [5, 5.41) is 12.9. The number of aliphatic hydroxyl groups excluding tert-OH is 1. The smallest absolute Gasteiger partial charge is 0.258 e. The van der Waals surface area contributed by atoms with Crippen molar-refractivity contribution in [3.05, 3.63) is 39.1 Å². The third-order valence-corrected chi connectivity index (χ3v) is 6.15. The zero-order valence-corrected chi connectivity index (χ0v) is 16.1. The van der Waals surface area contributed by atoms with Crippen molar-refractivity contribution in [2.75, 3.05) is 27.2 Å². The summed E-state index contributed by atoms with van der Waals surface area (Å²) >= 11 is 3.56. The molecule has 2 heterocycles. The van der Waals surface area contributed by atoms with Gasteiger partial charge in [-0.15, -0.1) is 0 Å². The lowest BCUT2D eigenvalue weighted by molar-refractivity contribution is -0.162. The van der Waals surface area contributed by atoms with Gasteiger partial charge < -0.3 is 14.8 Å². The van der Waals surface area contributed by atoms with Crippen LogP contribution < -0.4 is 0 Å². The molecule has 0 bridgehead atoms. The fraction of sp³-hybridized carbons (Fsp3) is 0.500. The van der Waals surface area contributed by atoms with E-state index in [1.54, 1.807) is 19.1 Å². The second-order valence-corrected chi connectivity index (χ2v) is 7.50. The number of aliphatic hydroxyl groups is 1. The number of benzene rings is 1. The standard InChI is InChI=1S/C18H23BrN2O3/c1-11-9-13(14(19)10-12(11)2)15-16(22)18(20(3)17(15)23)5-7-21(24-4)8-6-18/h9-10,22H,5-8H2,1-4H3. The molecule has 0 aliphatic carbocycles. The number of rotatable bonds is 2. The maximum atomic E-state index is 12.9.